The Labute approximate surface area is 151 Å². The minimum Gasteiger partial charge on any atom is -0.280 e. The van der Waals surface area contributed by atoms with Crippen LogP contribution in [0.1, 0.15) is 13.3 Å². The van der Waals surface area contributed by atoms with Crippen LogP contribution in [0.3, 0.4) is 0 Å². The van der Waals surface area contributed by atoms with E-state index in [0.29, 0.717) is 11.6 Å². The van der Waals surface area contributed by atoms with Gasteiger partial charge in [-0.25, -0.2) is 9.97 Å². The zero-order valence-corrected chi connectivity index (χ0v) is 14.8. The lowest BCUT2D eigenvalue weighted by molar-refractivity contribution is -0.117. The molecule has 1 heterocycles. The van der Waals surface area contributed by atoms with E-state index in [0.717, 1.165) is 11.4 Å². The van der Waals surface area contributed by atoms with Crippen LogP contribution in [0.25, 0.3) is 0 Å². The van der Waals surface area contributed by atoms with Crippen LogP contribution in [-0.2, 0) is 4.79 Å². The number of benzene rings is 2. The topological polar surface area (TPSA) is 46.1 Å². The summed E-state index contributed by atoms with van der Waals surface area (Å²) in [5.74, 6) is 0.0253. The molecule has 0 aliphatic rings. The lowest BCUT2D eigenvalue weighted by atomic mass is 10.2. The maximum absolute atomic E-state index is 13.3. The molecule has 3 rings (SSSR count). The van der Waals surface area contributed by atoms with E-state index in [1.165, 1.54) is 11.8 Å². The molecule has 2 aromatic carbocycles. The molecule has 4 nitrogen and oxygen atoms in total. The van der Waals surface area contributed by atoms with Crippen molar-refractivity contribution >= 4 is 29.0 Å². The standard InChI is InChI=1S/C20H19N3OS/c1-2-18(25-20-21-14-9-15-22-20)19(24)23(16-10-5-3-6-11-16)17-12-7-4-8-13-17/h3-15,18H,2H2,1H3. The van der Waals surface area contributed by atoms with Crippen LogP contribution in [0.5, 0.6) is 0 Å². The fraction of sp³-hybridized carbons (Fsp3) is 0.150. The normalized spacial score (nSPS) is 11.7. The molecule has 0 aliphatic heterocycles. The van der Waals surface area contributed by atoms with Gasteiger partial charge in [0, 0.05) is 23.8 Å². The predicted octanol–water partition coefficient (Wildman–Crippen LogP) is 4.71. The zero-order valence-electron chi connectivity index (χ0n) is 13.9. The lowest BCUT2D eigenvalue weighted by Gasteiger charge is -2.26. The van der Waals surface area contributed by atoms with Gasteiger partial charge in [0.2, 0.25) is 5.91 Å². The number of carbonyl (C=O) groups is 1. The second-order valence-corrected chi connectivity index (χ2v) is 6.56. The van der Waals surface area contributed by atoms with Crippen LogP contribution in [0.4, 0.5) is 11.4 Å². The molecule has 1 amide bonds. The summed E-state index contributed by atoms with van der Waals surface area (Å²) in [6.07, 6.45) is 4.08. The number of hydrogen-bond acceptors (Lipinski definition) is 4. The van der Waals surface area contributed by atoms with E-state index in [2.05, 4.69) is 9.97 Å². The minimum atomic E-state index is -0.261. The largest absolute Gasteiger partial charge is 0.280 e. The highest BCUT2D eigenvalue weighted by Gasteiger charge is 2.27. The van der Waals surface area contributed by atoms with Gasteiger partial charge in [0.25, 0.3) is 0 Å². The van der Waals surface area contributed by atoms with Gasteiger partial charge >= 0.3 is 0 Å². The third kappa shape index (κ3) is 4.25. The molecular weight excluding hydrogens is 330 g/mol. The number of amides is 1. The van der Waals surface area contributed by atoms with E-state index < -0.39 is 0 Å². The highest BCUT2D eigenvalue weighted by Crippen LogP contribution is 2.31. The predicted molar refractivity (Wildman–Crippen MR) is 102 cm³/mol. The lowest BCUT2D eigenvalue weighted by Crippen LogP contribution is -2.34. The molecule has 0 radical (unpaired) electrons. The van der Waals surface area contributed by atoms with Crippen molar-refractivity contribution in [2.24, 2.45) is 0 Å². The molecule has 0 N–H and O–H groups in total. The Bertz CT molecular complexity index is 757. The summed E-state index contributed by atoms with van der Waals surface area (Å²) in [7, 11) is 0. The molecular formula is C20H19N3OS. The third-order valence-corrected chi connectivity index (χ3v) is 4.93. The molecule has 1 unspecified atom stereocenters. The van der Waals surface area contributed by atoms with Crippen LogP contribution in [0.15, 0.2) is 84.3 Å². The monoisotopic (exact) mass is 349 g/mol. The van der Waals surface area contributed by atoms with Crippen molar-refractivity contribution in [3.63, 3.8) is 0 Å². The average Bonchev–Trinajstić information content (AvgIpc) is 2.69. The van der Waals surface area contributed by atoms with E-state index in [4.69, 9.17) is 0 Å². The van der Waals surface area contributed by atoms with E-state index >= 15 is 0 Å². The first-order valence-electron chi connectivity index (χ1n) is 8.17. The number of para-hydroxylation sites is 2. The van der Waals surface area contributed by atoms with Gasteiger partial charge in [-0.05, 0) is 36.8 Å². The van der Waals surface area contributed by atoms with E-state index in [-0.39, 0.29) is 11.2 Å². The van der Waals surface area contributed by atoms with E-state index in [1.807, 2.05) is 67.6 Å². The quantitative estimate of drug-likeness (QED) is 0.477. The molecule has 0 bridgehead atoms. The maximum atomic E-state index is 13.3. The van der Waals surface area contributed by atoms with Crippen LogP contribution >= 0.6 is 11.8 Å². The fourth-order valence-electron chi connectivity index (χ4n) is 2.48. The van der Waals surface area contributed by atoms with Gasteiger partial charge in [0.1, 0.15) is 0 Å². The van der Waals surface area contributed by atoms with Gasteiger partial charge in [-0.3, -0.25) is 9.69 Å². The molecule has 0 saturated carbocycles. The molecule has 0 fully saturated rings. The second-order valence-electron chi connectivity index (χ2n) is 5.39. The number of hydrogen-bond donors (Lipinski definition) is 0. The first-order valence-corrected chi connectivity index (χ1v) is 9.05. The van der Waals surface area contributed by atoms with Crippen molar-refractivity contribution in [1.82, 2.24) is 9.97 Å². The maximum Gasteiger partial charge on any atom is 0.245 e. The van der Waals surface area contributed by atoms with Crippen molar-refractivity contribution in [2.75, 3.05) is 4.90 Å². The van der Waals surface area contributed by atoms with Crippen molar-refractivity contribution in [3.05, 3.63) is 79.1 Å². The molecule has 1 atom stereocenters. The number of rotatable bonds is 6. The zero-order chi connectivity index (χ0) is 17.5. The van der Waals surface area contributed by atoms with Gasteiger partial charge in [0.15, 0.2) is 5.16 Å². The third-order valence-electron chi connectivity index (χ3n) is 3.69. The Kier molecular flexibility index (Phi) is 5.80. The van der Waals surface area contributed by atoms with Crippen LogP contribution in [0, 0.1) is 0 Å². The smallest absolute Gasteiger partial charge is 0.245 e. The molecule has 25 heavy (non-hydrogen) atoms. The summed E-state index contributed by atoms with van der Waals surface area (Å²) in [5.41, 5.74) is 1.71. The van der Waals surface area contributed by atoms with Gasteiger partial charge in [-0.2, -0.15) is 0 Å². The number of carbonyl (C=O) groups excluding carboxylic acids is 1. The molecule has 126 valence electrons. The molecule has 1 aromatic heterocycles. The molecule has 5 heteroatoms. The minimum absolute atomic E-state index is 0.0253. The summed E-state index contributed by atoms with van der Waals surface area (Å²) < 4.78 is 0. The summed E-state index contributed by atoms with van der Waals surface area (Å²) in [4.78, 5) is 23.6. The van der Waals surface area contributed by atoms with Gasteiger partial charge in [-0.1, -0.05) is 55.1 Å². The number of aromatic nitrogens is 2. The Hall–Kier alpha value is -2.66. The first kappa shape index (κ1) is 17.2. The highest BCUT2D eigenvalue weighted by atomic mass is 32.2. The highest BCUT2D eigenvalue weighted by molar-refractivity contribution is 8.00. The number of nitrogens with zero attached hydrogens (tertiary/aromatic N) is 3. The summed E-state index contributed by atoms with van der Waals surface area (Å²) in [5, 5.41) is 0.353. The summed E-state index contributed by atoms with van der Waals surface area (Å²) >= 11 is 1.40. The van der Waals surface area contributed by atoms with Crippen LogP contribution in [-0.4, -0.2) is 21.1 Å². The van der Waals surface area contributed by atoms with Gasteiger partial charge in [-0.15, -0.1) is 0 Å². The molecule has 3 aromatic rings. The summed E-state index contributed by atoms with van der Waals surface area (Å²) in [6.45, 7) is 2.01. The Balaban J connectivity index is 1.93. The summed E-state index contributed by atoms with van der Waals surface area (Å²) in [6, 6.07) is 21.2. The van der Waals surface area contributed by atoms with Crippen LogP contribution < -0.4 is 4.90 Å². The number of anilines is 2. The van der Waals surface area contributed by atoms with Gasteiger partial charge < -0.3 is 0 Å². The van der Waals surface area contributed by atoms with Crippen molar-refractivity contribution in [2.45, 2.75) is 23.8 Å². The molecule has 0 aliphatic carbocycles. The van der Waals surface area contributed by atoms with Gasteiger partial charge in [0.05, 0.1) is 5.25 Å². The second kappa shape index (κ2) is 8.44. The average molecular weight is 349 g/mol. The number of thioether (sulfide) groups is 1. The van der Waals surface area contributed by atoms with Crippen molar-refractivity contribution in [3.8, 4) is 0 Å². The first-order chi connectivity index (χ1) is 12.3. The van der Waals surface area contributed by atoms with Crippen molar-refractivity contribution < 1.29 is 4.79 Å². The Morgan fingerprint density at radius 1 is 0.920 bits per heavy atom. The van der Waals surface area contributed by atoms with Crippen molar-refractivity contribution in [1.29, 1.82) is 0 Å². The van der Waals surface area contributed by atoms with E-state index in [9.17, 15) is 4.79 Å². The Morgan fingerprint density at radius 2 is 1.44 bits per heavy atom. The van der Waals surface area contributed by atoms with E-state index in [1.54, 1.807) is 23.4 Å². The molecule has 0 saturated heterocycles. The van der Waals surface area contributed by atoms with Crippen LogP contribution in [0.2, 0.25) is 0 Å². The fourth-order valence-corrected chi connectivity index (χ4v) is 3.35. The Morgan fingerprint density at radius 3 is 1.92 bits per heavy atom. The SMILES string of the molecule is CCC(Sc1ncccn1)C(=O)N(c1ccccc1)c1ccccc1. The molecule has 0 spiro atoms.